The van der Waals surface area contributed by atoms with E-state index < -0.39 is 48.4 Å². The third-order valence-corrected chi connectivity index (χ3v) is 10.4. The fraction of sp³-hybridized carbons (Fsp3) is 0.744. The van der Waals surface area contributed by atoms with Crippen LogP contribution < -0.4 is 10.6 Å². The Hall–Kier alpha value is -3.06. The molecule has 51 heavy (non-hydrogen) atoms. The number of carbonyl (C=O) groups excluding carboxylic acids is 4. The van der Waals surface area contributed by atoms with Crippen LogP contribution in [-0.2, 0) is 28.7 Å². The molecule has 4 amide bonds. The maximum atomic E-state index is 14.1. The van der Waals surface area contributed by atoms with E-state index in [1.807, 2.05) is 90.9 Å². The van der Waals surface area contributed by atoms with Crippen LogP contribution in [0.2, 0.25) is 0 Å². The molecule has 1 aromatic carbocycles. The Morgan fingerprint density at radius 3 is 1.96 bits per heavy atom. The van der Waals surface area contributed by atoms with E-state index in [-0.39, 0.29) is 53.8 Å². The number of aliphatic hydroxyl groups is 1. The summed E-state index contributed by atoms with van der Waals surface area (Å²) in [5, 5.41) is 16.8. The summed E-state index contributed by atoms with van der Waals surface area (Å²) in [4.78, 5) is 60.2. The second-order valence-electron chi connectivity index (χ2n) is 15.5. The molecule has 0 spiro atoms. The summed E-state index contributed by atoms with van der Waals surface area (Å²) < 4.78 is 11.9. The maximum absolute atomic E-state index is 14.1. The van der Waals surface area contributed by atoms with Crippen molar-refractivity contribution < 1.29 is 33.8 Å². The summed E-state index contributed by atoms with van der Waals surface area (Å²) in [5.41, 5.74) is 0.710. The number of nitrogens with one attached hydrogen (secondary N) is 2. The zero-order valence-corrected chi connectivity index (χ0v) is 33.4. The smallest absolute Gasteiger partial charge is 0.245 e. The Balaban J connectivity index is 2.21. The molecule has 1 aliphatic rings. The molecule has 290 valence electrons. The number of hydrogen-bond donors (Lipinski definition) is 3. The molecule has 0 saturated carbocycles. The second kappa shape index (κ2) is 20.3. The van der Waals surface area contributed by atoms with Gasteiger partial charge >= 0.3 is 0 Å². The van der Waals surface area contributed by atoms with Gasteiger partial charge in [-0.1, -0.05) is 78.8 Å². The number of rotatable bonds is 19. The summed E-state index contributed by atoms with van der Waals surface area (Å²) in [6, 6.07) is 6.70. The Morgan fingerprint density at radius 1 is 0.863 bits per heavy atom. The minimum absolute atomic E-state index is 0.0273. The van der Waals surface area contributed by atoms with Crippen molar-refractivity contribution in [1.29, 1.82) is 0 Å². The Bertz CT molecular complexity index is 1250. The maximum Gasteiger partial charge on any atom is 0.245 e. The highest BCUT2D eigenvalue weighted by atomic mass is 16.5. The number of aliphatic hydroxyl groups excluding tert-OH is 1. The number of hydrogen-bond acceptors (Lipinski definition) is 8. The van der Waals surface area contributed by atoms with E-state index in [0.29, 0.717) is 18.5 Å². The Labute approximate surface area is 307 Å². The van der Waals surface area contributed by atoms with Crippen molar-refractivity contribution in [3.8, 4) is 0 Å². The molecule has 1 fully saturated rings. The minimum Gasteiger partial charge on any atom is -0.386 e. The van der Waals surface area contributed by atoms with Crippen LogP contribution in [0.25, 0.3) is 0 Å². The van der Waals surface area contributed by atoms with Gasteiger partial charge in [0.25, 0.3) is 0 Å². The first kappa shape index (κ1) is 44.1. The minimum atomic E-state index is -0.875. The van der Waals surface area contributed by atoms with Gasteiger partial charge in [-0.15, -0.1) is 0 Å². The number of amides is 4. The standard InChI is InChI=1S/C39H67N5O7/c1-23(2)32(41-38(48)34(25(5)6)42(9)10)39(49)43(11)33(24(3)4)30(50-12)22-31(45)44-21-17-20-29(44)36(51-13)26(7)37(47)40-27(8)35(46)28-18-15-14-16-19-28/h14-16,18-19,23-27,29-30,32-36,46H,17,20-22H2,1-13H3,(H,40,47)(H,41,48)/t26-,27-,29+,30-,32+,33+,34+,35-,36-/m1/s1. The molecular formula is C39H67N5O7. The van der Waals surface area contributed by atoms with Gasteiger partial charge in [0.15, 0.2) is 0 Å². The lowest BCUT2D eigenvalue weighted by Crippen LogP contribution is -2.59. The molecule has 1 heterocycles. The third-order valence-electron chi connectivity index (χ3n) is 10.4. The van der Waals surface area contributed by atoms with E-state index >= 15 is 0 Å². The van der Waals surface area contributed by atoms with Crippen molar-refractivity contribution >= 4 is 23.6 Å². The molecule has 2 rings (SSSR count). The molecule has 3 N–H and O–H groups in total. The highest BCUT2D eigenvalue weighted by molar-refractivity contribution is 5.90. The van der Waals surface area contributed by atoms with Crippen LogP contribution in [-0.4, -0.2) is 128 Å². The summed E-state index contributed by atoms with van der Waals surface area (Å²) in [5.74, 6) is -1.64. The van der Waals surface area contributed by atoms with Gasteiger partial charge in [-0.05, 0) is 57.2 Å². The molecule has 1 aromatic rings. The first-order valence-corrected chi connectivity index (χ1v) is 18.5. The predicted octanol–water partition coefficient (Wildman–Crippen LogP) is 3.48. The fourth-order valence-electron chi connectivity index (χ4n) is 7.67. The van der Waals surface area contributed by atoms with Crippen molar-refractivity contribution in [2.24, 2.45) is 23.7 Å². The zero-order valence-electron chi connectivity index (χ0n) is 33.4. The lowest BCUT2D eigenvalue weighted by Gasteiger charge is -2.40. The lowest BCUT2D eigenvalue weighted by atomic mass is 9.91. The lowest BCUT2D eigenvalue weighted by molar-refractivity contribution is -0.147. The van der Waals surface area contributed by atoms with E-state index in [0.717, 1.165) is 6.42 Å². The fourth-order valence-corrected chi connectivity index (χ4v) is 7.67. The van der Waals surface area contributed by atoms with E-state index in [1.54, 1.807) is 44.9 Å². The SMILES string of the molecule is CO[C@H]([C@@H](C)C(=O)N[C@H](C)[C@@H](O)c1ccccc1)[C@@H]1CCCN1C(=O)C[C@@H](OC)[C@H](C(C)C)N(C)C(=O)[C@@H](NC(=O)[C@H](C(C)C)N(C)C)C(C)C. The quantitative estimate of drug-likeness (QED) is 0.198. The average molecular weight is 718 g/mol. The zero-order chi connectivity index (χ0) is 38.7. The largest absolute Gasteiger partial charge is 0.386 e. The van der Waals surface area contributed by atoms with Crippen molar-refractivity contribution in [3.63, 3.8) is 0 Å². The van der Waals surface area contributed by atoms with Crippen LogP contribution in [0.4, 0.5) is 0 Å². The predicted molar refractivity (Wildman–Crippen MR) is 200 cm³/mol. The topological polar surface area (TPSA) is 141 Å². The van der Waals surface area contributed by atoms with Gasteiger partial charge < -0.3 is 35.0 Å². The number of ether oxygens (including phenoxy) is 2. The van der Waals surface area contributed by atoms with Gasteiger partial charge in [0.1, 0.15) is 6.04 Å². The van der Waals surface area contributed by atoms with Gasteiger partial charge in [-0.2, -0.15) is 0 Å². The molecule has 1 aliphatic heterocycles. The molecule has 0 aliphatic carbocycles. The number of carbonyl (C=O) groups is 4. The van der Waals surface area contributed by atoms with Crippen LogP contribution >= 0.6 is 0 Å². The van der Waals surface area contributed by atoms with E-state index in [9.17, 15) is 24.3 Å². The van der Waals surface area contributed by atoms with E-state index in [4.69, 9.17) is 9.47 Å². The Kier molecular flexibility index (Phi) is 17.5. The van der Waals surface area contributed by atoms with Crippen molar-refractivity contribution in [3.05, 3.63) is 35.9 Å². The molecule has 12 nitrogen and oxygen atoms in total. The van der Waals surface area contributed by atoms with Gasteiger partial charge in [0.2, 0.25) is 23.6 Å². The van der Waals surface area contributed by atoms with Crippen LogP contribution in [0, 0.1) is 23.7 Å². The molecule has 9 atom stereocenters. The average Bonchev–Trinajstić information content (AvgIpc) is 3.55. The number of methoxy groups -OCH3 is 2. The van der Waals surface area contributed by atoms with Crippen molar-refractivity contribution in [2.75, 3.05) is 41.9 Å². The molecule has 0 radical (unpaired) electrons. The van der Waals surface area contributed by atoms with Gasteiger partial charge in [0, 0.05) is 27.8 Å². The van der Waals surface area contributed by atoms with Gasteiger partial charge in [-0.25, -0.2) is 0 Å². The molecular weight excluding hydrogens is 650 g/mol. The number of nitrogens with zero attached hydrogens (tertiary/aromatic N) is 3. The van der Waals surface area contributed by atoms with Crippen molar-refractivity contribution in [2.45, 2.75) is 123 Å². The summed E-state index contributed by atoms with van der Waals surface area (Å²) >= 11 is 0. The second-order valence-corrected chi connectivity index (χ2v) is 15.5. The van der Waals surface area contributed by atoms with E-state index in [2.05, 4.69) is 10.6 Å². The number of benzene rings is 1. The molecule has 0 unspecified atom stereocenters. The summed E-state index contributed by atoms with van der Waals surface area (Å²) in [6.45, 7) is 15.8. The van der Waals surface area contributed by atoms with E-state index in [1.165, 1.54) is 0 Å². The van der Waals surface area contributed by atoms with Crippen LogP contribution in [0.1, 0.15) is 86.3 Å². The highest BCUT2D eigenvalue weighted by Crippen LogP contribution is 2.29. The van der Waals surface area contributed by atoms with Gasteiger partial charge in [0.05, 0.1) is 54.8 Å². The third kappa shape index (κ3) is 11.5. The molecule has 0 bridgehead atoms. The van der Waals surface area contributed by atoms with Crippen LogP contribution in [0.5, 0.6) is 0 Å². The van der Waals surface area contributed by atoms with Crippen molar-refractivity contribution in [1.82, 2.24) is 25.3 Å². The highest BCUT2D eigenvalue weighted by Gasteiger charge is 2.43. The first-order valence-electron chi connectivity index (χ1n) is 18.5. The van der Waals surface area contributed by atoms with Crippen LogP contribution in [0.15, 0.2) is 30.3 Å². The molecule has 1 saturated heterocycles. The number of likely N-dealkylation sites (tertiary alicyclic amines) is 1. The Morgan fingerprint density at radius 2 is 1.47 bits per heavy atom. The van der Waals surface area contributed by atoms with Gasteiger partial charge in [-0.3, -0.25) is 24.1 Å². The normalized spacial score (nSPS) is 19.7. The van der Waals surface area contributed by atoms with Crippen LogP contribution in [0.3, 0.4) is 0 Å². The summed E-state index contributed by atoms with van der Waals surface area (Å²) in [7, 11) is 8.52. The summed E-state index contributed by atoms with van der Waals surface area (Å²) in [6.07, 6.45) is -0.607. The molecule has 12 heteroatoms. The number of likely N-dealkylation sites (N-methyl/N-ethyl adjacent to an activating group) is 2. The monoisotopic (exact) mass is 718 g/mol. The first-order chi connectivity index (χ1) is 23.9. The molecule has 0 aromatic heterocycles.